The third kappa shape index (κ3) is 6.65. The van der Waals surface area contributed by atoms with Crippen LogP contribution >= 0.6 is 0 Å². The van der Waals surface area contributed by atoms with E-state index in [1.807, 2.05) is 0 Å². The molecule has 2 aromatic carbocycles. The number of sulfonamides is 1. The zero-order valence-corrected chi connectivity index (χ0v) is 19.1. The molecular formula is C23H30N4O3S. The number of carbonyl (C=O) groups is 1. The Kier molecular flexibility index (Phi) is 7.48. The molecule has 1 amide bonds. The molecule has 31 heavy (non-hydrogen) atoms. The first kappa shape index (κ1) is 23.0. The minimum atomic E-state index is -3.31. The molecule has 0 unspecified atom stereocenters. The Bertz CT molecular complexity index is 1140. The van der Waals surface area contributed by atoms with Crippen molar-refractivity contribution in [3.05, 3.63) is 65.4 Å². The molecule has 0 spiro atoms. The minimum Gasteiger partial charge on any atom is -0.361 e. The summed E-state index contributed by atoms with van der Waals surface area (Å²) < 4.78 is 25.5. The smallest absolute Gasteiger partial charge is 0.224 e. The van der Waals surface area contributed by atoms with Gasteiger partial charge in [-0.3, -0.25) is 4.79 Å². The van der Waals surface area contributed by atoms with Crippen LogP contribution < -0.4 is 10.0 Å². The van der Waals surface area contributed by atoms with E-state index >= 15 is 0 Å². The first-order valence-corrected chi connectivity index (χ1v) is 11.9. The average Bonchev–Trinajstić information content (AvgIpc) is 3.14. The van der Waals surface area contributed by atoms with Crippen LogP contribution in [0.25, 0.3) is 10.9 Å². The van der Waals surface area contributed by atoms with Crippen LogP contribution in [0, 0.1) is 0 Å². The number of anilines is 1. The van der Waals surface area contributed by atoms with Gasteiger partial charge in [0, 0.05) is 35.8 Å². The van der Waals surface area contributed by atoms with Gasteiger partial charge in [-0.05, 0) is 74.9 Å². The summed E-state index contributed by atoms with van der Waals surface area (Å²) in [7, 11) is 2.21. The molecule has 3 aromatic rings. The van der Waals surface area contributed by atoms with Gasteiger partial charge in [-0.2, -0.15) is 0 Å². The molecule has 3 rings (SSSR count). The van der Waals surface area contributed by atoms with Crippen molar-refractivity contribution in [2.45, 2.75) is 25.0 Å². The molecule has 1 heterocycles. The van der Waals surface area contributed by atoms with Crippen molar-refractivity contribution in [1.29, 1.82) is 0 Å². The summed E-state index contributed by atoms with van der Waals surface area (Å²) in [5.74, 6) is -0.159. The second-order valence-electron chi connectivity index (χ2n) is 7.96. The van der Waals surface area contributed by atoms with Gasteiger partial charge in [-0.15, -0.1) is 0 Å². The van der Waals surface area contributed by atoms with Crippen LogP contribution in [0.15, 0.2) is 48.7 Å². The lowest BCUT2D eigenvalue weighted by Gasteiger charge is -2.09. The van der Waals surface area contributed by atoms with Gasteiger partial charge in [-0.1, -0.05) is 18.2 Å². The van der Waals surface area contributed by atoms with E-state index in [0.717, 1.165) is 24.0 Å². The van der Waals surface area contributed by atoms with Gasteiger partial charge < -0.3 is 15.2 Å². The highest BCUT2D eigenvalue weighted by atomic mass is 32.2. The number of H-pyrrole nitrogens is 1. The predicted octanol–water partition coefficient (Wildman–Crippen LogP) is 2.89. The zero-order valence-electron chi connectivity index (χ0n) is 18.2. The van der Waals surface area contributed by atoms with Gasteiger partial charge in [-0.25, -0.2) is 13.1 Å². The van der Waals surface area contributed by atoms with E-state index in [1.54, 1.807) is 24.3 Å². The van der Waals surface area contributed by atoms with Crippen LogP contribution in [0.3, 0.4) is 0 Å². The Morgan fingerprint density at radius 2 is 1.74 bits per heavy atom. The van der Waals surface area contributed by atoms with E-state index in [9.17, 15) is 13.2 Å². The Morgan fingerprint density at radius 1 is 1.03 bits per heavy atom. The molecule has 0 aliphatic heterocycles. The molecule has 0 bridgehead atoms. The maximum Gasteiger partial charge on any atom is 0.224 e. The van der Waals surface area contributed by atoms with Gasteiger partial charge in [0.25, 0.3) is 0 Å². The molecule has 0 saturated heterocycles. The molecule has 0 fully saturated rings. The normalized spacial score (nSPS) is 11.9. The summed E-state index contributed by atoms with van der Waals surface area (Å²) in [6, 6.07) is 13.2. The zero-order chi connectivity index (χ0) is 22.4. The Balaban J connectivity index is 1.56. The molecule has 166 valence electrons. The third-order valence-corrected chi connectivity index (χ3v) is 6.54. The maximum absolute atomic E-state index is 12.4. The molecule has 1 aromatic heterocycles. The number of aromatic nitrogens is 1. The summed E-state index contributed by atoms with van der Waals surface area (Å²) in [5.41, 5.74) is 4.85. The van der Waals surface area contributed by atoms with E-state index in [2.05, 4.69) is 58.4 Å². The first-order chi connectivity index (χ1) is 14.8. The quantitative estimate of drug-likeness (QED) is 0.450. The lowest BCUT2D eigenvalue weighted by Crippen LogP contribution is -2.20. The maximum atomic E-state index is 12.4. The van der Waals surface area contributed by atoms with Crippen molar-refractivity contribution in [2.75, 3.05) is 33.0 Å². The topological polar surface area (TPSA) is 94.3 Å². The summed E-state index contributed by atoms with van der Waals surface area (Å²) in [6.45, 7) is 0.985. The standard InChI is InChI=1S/C23H30N4O3S/c1-24-31(29,30)16-18-4-8-20(9-5-18)26-23(28)11-7-17-6-10-22-21(14-17)19(15-25-22)12-13-27(2)3/h4-6,8-10,14-15,24-25H,7,11-13,16H2,1-3H3,(H,26,28). The number of rotatable bonds is 10. The van der Waals surface area contributed by atoms with Gasteiger partial charge >= 0.3 is 0 Å². The first-order valence-electron chi connectivity index (χ1n) is 10.3. The number of hydrogen-bond acceptors (Lipinski definition) is 4. The van der Waals surface area contributed by atoms with Crippen LogP contribution in [-0.2, 0) is 33.4 Å². The minimum absolute atomic E-state index is 0.0717. The molecule has 0 atom stereocenters. The highest BCUT2D eigenvalue weighted by Gasteiger charge is 2.10. The number of fused-ring (bicyclic) bond motifs is 1. The molecule has 0 radical (unpaired) electrons. The number of aromatic amines is 1. The predicted molar refractivity (Wildman–Crippen MR) is 126 cm³/mol. The molecule has 0 aliphatic carbocycles. The fourth-order valence-corrected chi connectivity index (χ4v) is 4.16. The second-order valence-corrected chi connectivity index (χ2v) is 9.88. The van der Waals surface area contributed by atoms with E-state index in [4.69, 9.17) is 0 Å². The van der Waals surface area contributed by atoms with Crippen molar-refractivity contribution in [3.63, 3.8) is 0 Å². The average molecular weight is 443 g/mol. The highest BCUT2D eigenvalue weighted by Crippen LogP contribution is 2.21. The lowest BCUT2D eigenvalue weighted by atomic mass is 10.0. The second kappa shape index (κ2) is 10.1. The number of nitrogens with one attached hydrogen (secondary N) is 3. The lowest BCUT2D eigenvalue weighted by molar-refractivity contribution is -0.116. The van der Waals surface area contributed by atoms with Gasteiger partial charge in [0.1, 0.15) is 0 Å². The summed E-state index contributed by atoms with van der Waals surface area (Å²) in [5, 5.41) is 4.09. The van der Waals surface area contributed by atoms with Crippen molar-refractivity contribution in [1.82, 2.24) is 14.6 Å². The summed E-state index contributed by atoms with van der Waals surface area (Å²) in [6.07, 6.45) is 4.07. The van der Waals surface area contributed by atoms with E-state index < -0.39 is 10.0 Å². The number of amides is 1. The van der Waals surface area contributed by atoms with Crippen LogP contribution in [-0.4, -0.2) is 51.9 Å². The van der Waals surface area contributed by atoms with Crippen molar-refractivity contribution in [2.24, 2.45) is 0 Å². The number of nitrogens with zero attached hydrogens (tertiary/aromatic N) is 1. The highest BCUT2D eigenvalue weighted by molar-refractivity contribution is 7.88. The van der Waals surface area contributed by atoms with Gasteiger partial charge in [0.2, 0.25) is 15.9 Å². The summed E-state index contributed by atoms with van der Waals surface area (Å²) in [4.78, 5) is 17.9. The van der Waals surface area contributed by atoms with E-state index in [0.29, 0.717) is 24.1 Å². The molecule has 7 nitrogen and oxygen atoms in total. The Morgan fingerprint density at radius 3 is 2.42 bits per heavy atom. The van der Waals surface area contributed by atoms with Crippen molar-refractivity contribution in [3.8, 4) is 0 Å². The molecule has 0 aliphatic rings. The molecule has 8 heteroatoms. The number of aryl methyl sites for hydroxylation is 1. The molecule has 3 N–H and O–H groups in total. The molecular weight excluding hydrogens is 412 g/mol. The number of likely N-dealkylation sites (N-methyl/N-ethyl adjacent to an activating group) is 1. The Hall–Kier alpha value is -2.68. The number of carbonyl (C=O) groups excluding carboxylic acids is 1. The SMILES string of the molecule is CNS(=O)(=O)Cc1ccc(NC(=O)CCc2ccc3[nH]cc(CCN(C)C)c3c2)cc1. The summed E-state index contributed by atoms with van der Waals surface area (Å²) >= 11 is 0. The molecule has 0 saturated carbocycles. The fraction of sp³-hybridized carbons (Fsp3) is 0.348. The Labute approximate surface area is 183 Å². The van der Waals surface area contributed by atoms with Gasteiger partial charge in [0.15, 0.2) is 0 Å². The van der Waals surface area contributed by atoms with Crippen LogP contribution in [0.1, 0.15) is 23.1 Å². The largest absolute Gasteiger partial charge is 0.361 e. The van der Waals surface area contributed by atoms with Crippen LogP contribution in [0.4, 0.5) is 5.69 Å². The fourth-order valence-electron chi connectivity index (χ4n) is 3.39. The number of benzene rings is 2. The van der Waals surface area contributed by atoms with E-state index in [1.165, 1.54) is 18.0 Å². The van der Waals surface area contributed by atoms with Crippen molar-refractivity contribution >= 4 is 32.5 Å². The van der Waals surface area contributed by atoms with E-state index in [-0.39, 0.29) is 11.7 Å². The van der Waals surface area contributed by atoms with Crippen LogP contribution in [0.2, 0.25) is 0 Å². The van der Waals surface area contributed by atoms with Gasteiger partial charge in [0.05, 0.1) is 5.75 Å². The third-order valence-electron chi connectivity index (χ3n) is 5.21. The monoisotopic (exact) mass is 442 g/mol. The van der Waals surface area contributed by atoms with Crippen LogP contribution in [0.5, 0.6) is 0 Å². The number of hydrogen-bond donors (Lipinski definition) is 3. The van der Waals surface area contributed by atoms with Crippen molar-refractivity contribution < 1.29 is 13.2 Å².